The van der Waals surface area contributed by atoms with Gasteiger partial charge in [0.25, 0.3) is 0 Å². The van der Waals surface area contributed by atoms with Gasteiger partial charge >= 0.3 is 0 Å². The standard InChI is InChI=1S/C11H9NS2/c1-7-6-10(13)9(2-4-12)11-8(7)3-5-14-11/h3,5-6,13H,2H2,1H3. The molecule has 1 aromatic carbocycles. The van der Waals surface area contributed by atoms with E-state index in [9.17, 15) is 0 Å². The van der Waals surface area contributed by atoms with Crippen molar-refractivity contribution in [2.24, 2.45) is 0 Å². The second-order valence-corrected chi connectivity index (χ2v) is 4.59. The van der Waals surface area contributed by atoms with Gasteiger partial charge in [-0.1, -0.05) is 0 Å². The van der Waals surface area contributed by atoms with Crippen molar-refractivity contribution in [1.82, 2.24) is 0 Å². The van der Waals surface area contributed by atoms with E-state index >= 15 is 0 Å². The number of aryl methyl sites for hydroxylation is 1. The summed E-state index contributed by atoms with van der Waals surface area (Å²) in [6.45, 7) is 2.07. The predicted octanol–water partition coefficient (Wildman–Crippen LogP) is 3.56. The molecule has 0 atom stereocenters. The fourth-order valence-electron chi connectivity index (χ4n) is 1.59. The molecule has 1 aromatic heterocycles. The molecule has 0 bridgehead atoms. The third-order valence-corrected chi connectivity index (χ3v) is 3.66. The Labute approximate surface area is 92.4 Å². The summed E-state index contributed by atoms with van der Waals surface area (Å²) in [5.41, 5.74) is 2.29. The highest BCUT2D eigenvalue weighted by Gasteiger charge is 2.08. The molecule has 1 heterocycles. The molecule has 0 aliphatic heterocycles. The monoisotopic (exact) mass is 219 g/mol. The summed E-state index contributed by atoms with van der Waals surface area (Å²) in [5.74, 6) is 0. The lowest BCUT2D eigenvalue weighted by Gasteiger charge is -2.05. The molecule has 1 nitrogen and oxygen atoms in total. The minimum atomic E-state index is 0.441. The molecule has 2 rings (SSSR count). The Morgan fingerprint density at radius 1 is 1.57 bits per heavy atom. The quantitative estimate of drug-likeness (QED) is 0.728. The van der Waals surface area contributed by atoms with E-state index in [-0.39, 0.29) is 0 Å². The molecule has 2 aromatic rings. The van der Waals surface area contributed by atoms with Crippen molar-refractivity contribution in [1.29, 1.82) is 5.26 Å². The Morgan fingerprint density at radius 2 is 2.36 bits per heavy atom. The highest BCUT2D eigenvalue weighted by atomic mass is 32.1. The summed E-state index contributed by atoms with van der Waals surface area (Å²) in [6, 6.07) is 6.32. The lowest BCUT2D eigenvalue weighted by Crippen LogP contribution is -1.87. The van der Waals surface area contributed by atoms with Crippen molar-refractivity contribution in [3.8, 4) is 6.07 Å². The molecule has 0 unspecified atom stereocenters. The summed E-state index contributed by atoms with van der Waals surface area (Å²) in [6.07, 6.45) is 0.441. The first-order valence-corrected chi connectivity index (χ1v) is 5.62. The van der Waals surface area contributed by atoms with Crippen LogP contribution in [0.1, 0.15) is 11.1 Å². The summed E-state index contributed by atoms with van der Waals surface area (Å²) in [4.78, 5) is 0.930. The zero-order valence-electron chi connectivity index (χ0n) is 7.74. The molecule has 0 spiro atoms. The fourth-order valence-corrected chi connectivity index (χ4v) is 3.07. The maximum atomic E-state index is 8.73. The number of thiol groups is 1. The number of hydrogen-bond acceptors (Lipinski definition) is 3. The summed E-state index contributed by atoms with van der Waals surface area (Å²) in [5, 5.41) is 12.0. The van der Waals surface area contributed by atoms with Gasteiger partial charge < -0.3 is 0 Å². The molecule has 0 saturated carbocycles. The lowest BCUT2D eigenvalue weighted by molar-refractivity contribution is 1.21. The Bertz CT molecular complexity index is 520. The largest absolute Gasteiger partial charge is 0.198 e. The van der Waals surface area contributed by atoms with Gasteiger partial charge in [0.15, 0.2) is 0 Å². The number of hydrogen-bond donors (Lipinski definition) is 1. The molecule has 0 N–H and O–H groups in total. The highest BCUT2D eigenvalue weighted by molar-refractivity contribution is 7.80. The number of nitriles is 1. The Kier molecular flexibility index (Phi) is 2.49. The van der Waals surface area contributed by atoms with Gasteiger partial charge in [0.05, 0.1) is 12.5 Å². The van der Waals surface area contributed by atoms with Gasteiger partial charge in [0, 0.05) is 9.60 Å². The fraction of sp³-hybridized carbons (Fsp3) is 0.182. The van der Waals surface area contributed by atoms with Crippen LogP contribution >= 0.6 is 24.0 Å². The van der Waals surface area contributed by atoms with Gasteiger partial charge in [0.2, 0.25) is 0 Å². The van der Waals surface area contributed by atoms with E-state index in [0.29, 0.717) is 6.42 Å². The lowest BCUT2D eigenvalue weighted by atomic mass is 10.1. The SMILES string of the molecule is Cc1cc(S)c(CC#N)c2sccc12. The van der Waals surface area contributed by atoms with Crippen molar-refractivity contribution in [3.63, 3.8) is 0 Å². The number of fused-ring (bicyclic) bond motifs is 1. The van der Waals surface area contributed by atoms with E-state index in [1.165, 1.54) is 15.6 Å². The number of thiophene rings is 1. The van der Waals surface area contributed by atoms with E-state index in [1.54, 1.807) is 11.3 Å². The molecule has 0 fully saturated rings. The Hall–Kier alpha value is -0.980. The smallest absolute Gasteiger partial charge is 0.0670 e. The maximum Gasteiger partial charge on any atom is 0.0670 e. The molecule has 0 aliphatic carbocycles. The van der Waals surface area contributed by atoms with Crippen molar-refractivity contribution >= 4 is 34.1 Å². The van der Waals surface area contributed by atoms with Gasteiger partial charge in [-0.15, -0.1) is 24.0 Å². The highest BCUT2D eigenvalue weighted by Crippen LogP contribution is 2.32. The van der Waals surface area contributed by atoms with E-state index in [0.717, 1.165) is 10.5 Å². The van der Waals surface area contributed by atoms with Gasteiger partial charge in [-0.05, 0) is 40.9 Å². The van der Waals surface area contributed by atoms with Gasteiger partial charge in [0.1, 0.15) is 0 Å². The first kappa shape index (κ1) is 9.57. The zero-order chi connectivity index (χ0) is 10.1. The van der Waals surface area contributed by atoms with Crippen molar-refractivity contribution in [2.75, 3.05) is 0 Å². The van der Waals surface area contributed by atoms with Gasteiger partial charge in [-0.3, -0.25) is 0 Å². The molecular weight excluding hydrogens is 210 g/mol. The first-order chi connectivity index (χ1) is 6.74. The number of rotatable bonds is 1. The van der Waals surface area contributed by atoms with Crippen molar-refractivity contribution < 1.29 is 0 Å². The molecule has 0 radical (unpaired) electrons. The third kappa shape index (κ3) is 1.41. The predicted molar refractivity (Wildman–Crippen MR) is 63.1 cm³/mol. The molecule has 0 amide bonds. The summed E-state index contributed by atoms with van der Waals surface area (Å²) < 4.78 is 1.21. The van der Waals surface area contributed by atoms with Crippen LogP contribution in [0.25, 0.3) is 10.1 Å². The molecule has 0 aliphatic rings. The average Bonchev–Trinajstić information content (AvgIpc) is 2.60. The number of benzene rings is 1. The molecule has 0 saturated heterocycles. The van der Waals surface area contributed by atoms with E-state index in [2.05, 4.69) is 37.1 Å². The van der Waals surface area contributed by atoms with Crippen LogP contribution in [0.15, 0.2) is 22.4 Å². The Morgan fingerprint density at radius 3 is 3.07 bits per heavy atom. The van der Waals surface area contributed by atoms with Gasteiger partial charge in [-0.25, -0.2) is 0 Å². The molecule has 70 valence electrons. The molecule has 3 heteroatoms. The van der Waals surface area contributed by atoms with E-state index < -0.39 is 0 Å². The second-order valence-electron chi connectivity index (χ2n) is 3.19. The van der Waals surface area contributed by atoms with E-state index in [4.69, 9.17) is 5.26 Å². The first-order valence-electron chi connectivity index (χ1n) is 4.29. The van der Waals surface area contributed by atoms with Crippen LogP contribution in [0.4, 0.5) is 0 Å². The zero-order valence-corrected chi connectivity index (χ0v) is 9.45. The van der Waals surface area contributed by atoms with Crippen LogP contribution in [0, 0.1) is 18.3 Å². The van der Waals surface area contributed by atoms with E-state index in [1.807, 2.05) is 6.07 Å². The minimum Gasteiger partial charge on any atom is -0.198 e. The third-order valence-electron chi connectivity index (χ3n) is 2.28. The van der Waals surface area contributed by atoms with Crippen LogP contribution in [-0.2, 0) is 6.42 Å². The van der Waals surface area contributed by atoms with Crippen LogP contribution in [0.5, 0.6) is 0 Å². The Balaban J connectivity index is 2.81. The van der Waals surface area contributed by atoms with Crippen molar-refractivity contribution in [3.05, 3.63) is 28.6 Å². The normalized spacial score (nSPS) is 10.4. The molecule has 14 heavy (non-hydrogen) atoms. The minimum absolute atomic E-state index is 0.441. The maximum absolute atomic E-state index is 8.73. The average molecular weight is 219 g/mol. The number of nitrogens with zero attached hydrogens (tertiary/aromatic N) is 1. The van der Waals surface area contributed by atoms with Crippen LogP contribution in [0.2, 0.25) is 0 Å². The summed E-state index contributed by atoms with van der Waals surface area (Å²) >= 11 is 6.09. The molecular formula is C11H9NS2. The van der Waals surface area contributed by atoms with Crippen LogP contribution in [-0.4, -0.2) is 0 Å². The van der Waals surface area contributed by atoms with Crippen LogP contribution in [0.3, 0.4) is 0 Å². The summed E-state index contributed by atoms with van der Waals surface area (Å²) in [7, 11) is 0. The second kappa shape index (κ2) is 3.64. The van der Waals surface area contributed by atoms with Gasteiger partial charge in [-0.2, -0.15) is 5.26 Å². The van der Waals surface area contributed by atoms with Crippen molar-refractivity contribution in [2.45, 2.75) is 18.2 Å². The topological polar surface area (TPSA) is 23.8 Å². The van der Waals surface area contributed by atoms with Crippen LogP contribution < -0.4 is 0 Å².